The number of benzene rings is 1. The summed E-state index contributed by atoms with van der Waals surface area (Å²) in [5, 5.41) is 4.47. The molecule has 2 nitrogen and oxygen atoms in total. The van der Waals surface area contributed by atoms with Gasteiger partial charge in [-0.3, -0.25) is 0 Å². The minimum Gasteiger partial charge on any atom is -0.357 e. The Bertz CT molecular complexity index is 556. The molecule has 2 aromatic rings. The summed E-state index contributed by atoms with van der Waals surface area (Å²) in [6.07, 6.45) is 0.955. The molecule has 17 heavy (non-hydrogen) atoms. The molecule has 5 heteroatoms. The number of nitrogens with one attached hydrogen (secondary N) is 2. The van der Waals surface area contributed by atoms with Crippen molar-refractivity contribution in [3.63, 3.8) is 0 Å². The predicted molar refractivity (Wildman–Crippen MR) is 73.0 cm³/mol. The zero-order valence-electron chi connectivity index (χ0n) is 8.93. The molecule has 0 fully saturated rings. The Labute approximate surface area is 114 Å². The van der Waals surface area contributed by atoms with Gasteiger partial charge in [0.15, 0.2) is 0 Å². The van der Waals surface area contributed by atoms with Gasteiger partial charge in [-0.05, 0) is 18.1 Å². The van der Waals surface area contributed by atoms with Crippen LogP contribution in [0.25, 0.3) is 10.9 Å². The third kappa shape index (κ3) is 1.93. The van der Waals surface area contributed by atoms with Gasteiger partial charge < -0.3 is 10.3 Å². The molecule has 0 bridgehead atoms. The van der Waals surface area contributed by atoms with Crippen LogP contribution in [0.4, 0.5) is 0 Å². The van der Waals surface area contributed by atoms with Gasteiger partial charge in [0.2, 0.25) is 3.79 Å². The Hall–Kier alpha value is -0.410. The molecule has 0 unspecified atom stereocenters. The van der Waals surface area contributed by atoms with Crippen LogP contribution >= 0.6 is 34.8 Å². The second kappa shape index (κ2) is 4.06. The Morgan fingerprint density at radius 2 is 1.94 bits per heavy atom. The number of H-pyrrole nitrogens is 1. The summed E-state index contributed by atoms with van der Waals surface area (Å²) in [6, 6.07) is 7.91. The third-order valence-corrected chi connectivity index (χ3v) is 3.84. The fourth-order valence-electron chi connectivity index (χ4n) is 2.46. The van der Waals surface area contributed by atoms with Crippen LogP contribution in [0.2, 0.25) is 0 Å². The number of alkyl halides is 3. The summed E-state index contributed by atoms with van der Waals surface area (Å²) in [7, 11) is 0. The number of halogens is 3. The van der Waals surface area contributed by atoms with Crippen molar-refractivity contribution in [3.05, 3.63) is 35.5 Å². The first-order valence-electron chi connectivity index (χ1n) is 5.47. The fourth-order valence-corrected chi connectivity index (χ4v) is 3.02. The lowest BCUT2D eigenvalue weighted by Gasteiger charge is -2.29. The zero-order valence-corrected chi connectivity index (χ0v) is 11.2. The number of hydrogen-bond acceptors (Lipinski definition) is 1. The van der Waals surface area contributed by atoms with Gasteiger partial charge in [-0.15, -0.1) is 0 Å². The lowest BCUT2D eigenvalue weighted by Crippen LogP contribution is -2.37. The minimum atomic E-state index is -1.34. The standard InChI is InChI=1S/C12H11Cl3N2/c13-12(14,15)11-10-8(5-6-16-11)7-3-1-2-4-9(7)17-10/h1-4,11,16-17H,5-6H2/t11-/m1/s1. The lowest BCUT2D eigenvalue weighted by atomic mass is 10.00. The summed E-state index contributed by atoms with van der Waals surface area (Å²) in [5.74, 6) is 0. The number of fused-ring (bicyclic) bond motifs is 3. The topological polar surface area (TPSA) is 27.8 Å². The molecular weight excluding hydrogens is 279 g/mol. The number of aromatic nitrogens is 1. The smallest absolute Gasteiger partial charge is 0.211 e. The highest BCUT2D eigenvalue weighted by molar-refractivity contribution is 6.68. The second-order valence-electron chi connectivity index (χ2n) is 4.24. The molecule has 2 heterocycles. The molecule has 90 valence electrons. The van der Waals surface area contributed by atoms with E-state index in [1.807, 2.05) is 18.2 Å². The average molecular weight is 290 g/mol. The summed E-state index contributed by atoms with van der Waals surface area (Å²) in [5.41, 5.74) is 3.36. The molecule has 0 saturated heterocycles. The average Bonchev–Trinajstić information content (AvgIpc) is 2.65. The molecule has 1 atom stereocenters. The number of para-hydroxylation sites is 1. The van der Waals surface area contributed by atoms with Crippen LogP contribution in [0.5, 0.6) is 0 Å². The molecule has 0 aliphatic carbocycles. The van der Waals surface area contributed by atoms with Crippen molar-refractivity contribution in [1.82, 2.24) is 10.3 Å². The largest absolute Gasteiger partial charge is 0.357 e. The van der Waals surface area contributed by atoms with Crippen molar-refractivity contribution >= 4 is 45.7 Å². The van der Waals surface area contributed by atoms with E-state index in [-0.39, 0.29) is 6.04 Å². The van der Waals surface area contributed by atoms with Crippen molar-refractivity contribution in [3.8, 4) is 0 Å². The van der Waals surface area contributed by atoms with Gasteiger partial charge in [0.1, 0.15) is 0 Å². The van der Waals surface area contributed by atoms with Gasteiger partial charge in [-0.1, -0.05) is 53.0 Å². The fraction of sp³-hybridized carbons (Fsp3) is 0.333. The van der Waals surface area contributed by atoms with E-state index >= 15 is 0 Å². The molecule has 2 N–H and O–H groups in total. The lowest BCUT2D eigenvalue weighted by molar-refractivity contribution is 0.504. The number of aromatic amines is 1. The molecule has 0 amide bonds. The predicted octanol–water partition coefficient (Wildman–Crippen LogP) is 3.72. The summed E-state index contributed by atoms with van der Waals surface area (Å²) < 4.78 is -1.34. The highest BCUT2D eigenvalue weighted by Gasteiger charge is 2.38. The molecular formula is C12H11Cl3N2. The molecule has 1 aromatic heterocycles. The number of rotatable bonds is 0. The van der Waals surface area contributed by atoms with E-state index in [1.54, 1.807) is 0 Å². The highest BCUT2D eigenvalue weighted by Crippen LogP contribution is 2.43. The normalized spacial score (nSPS) is 20.5. The quantitative estimate of drug-likeness (QED) is 0.711. The van der Waals surface area contributed by atoms with Crippen LogP contribution in [-0.4, -0.2) is 15.3 Å². The van der Waals surface area contributed by atoms with Crippen molar-refractivity contribution in [1.29, 1.82) is 0 Å². The Morgan fingerprint density at radius 3 is 2.71 bits per heavy atom. The minimum absolute atomic E-state index is 0.274. The van der Waals surface area contributed by atoms with Gasteiger partial charge in [-0.2, -0.15) is 0 Å². The molecule has 3 rings (SSSR count). The van der Waals surface area contributed by atoms with E-state index in [4.69, 9.17) is 34.8 Å². The molecule has 1 aromatic carbocycles. The van der Waals surface area contributed by atoms with Crippen molar-refractivity contribution < 1.29 is 0 Å². The van der Waals surface area contributed by atoms with Crippen LogP contribution in [0.1, 0.15) is 17.3 Å². The van der Waals surface area contributed by atoms with Crippen LogP contribution in [-0.2, 0) is 6.42 Å². The van der Waals surface area contributed by atoms with E-state index in [9.17, 15) is 0 Å². The van der Waals surface area contributed by atoms with Gasteiger partial charge in [0.25, 0.3) is 0 Å². The number of hydrogen-bond donors (Lipinski definition) is 2. The third-order valence-electron chi connectivity index (χ3n) is 3.19. The first-order chi connectivity index (χ1) is 8.07. The van der Waals surface area contributed by atoms with Gasteiger partial charge >= 0.3 is 0 Å². The van der Waals surface area contributed by atoms with E-state index < -0.39 is 3.79 Å². The molecule has 1 aliphatic rings. The monoisotopic (exact) mass is 288 g/mol. The van der Waals surface area contributed by atoms with Crippen molar-refractivity contribution in [2.75, 3.05) is 6.54 Å². The molecule has 1 aliphatic heterocycles. The zero-order chi connectivity index (χ0) is 12.0. The van der Waals surface area contributed by atoms with Crippen LogP contribution in [0, 0.1) is 0 Å². The summed E-state index contributed by atoms with van der Waals surface area (Å²) >= 11 is 18.0. The maximum atomic E-state index is 6.02. The van der Waals surface area contributed by atoms with Crippen molar-refractivity contribution in [2.45, 2.75) is 16.3 Å². The Kier molecular flexibility index (Phi) is 2.79. The van der Waals surface area contributed by atoms with Crippen molar-refractivity contribution in [2.24, 2.45) is 0 Å². The van der Waals surface area contributed by atoms with Crippen LogP contribution in [0.3, 0.4) is 0 Å². The first-order valence-corrected chi connectivity index (χ1v) is 6.60. The van der Waals surface area contributed by atoms with E-state index in [0.29, 0.717) is 0 Å². The van der Waals surface area contributed by atoms with E-state index in [0.717, 1.165) is 24.2 Å². The first kappa shape index (κ1) is 11.7. The maximum Gasteiger partial charge on any atom is 0.211 e. The van der Waals surface area contributed by atoms with Crippen LogP contribution < -0.4 is 5.32 Å². The second-order valence-corrected chi connectivity index (χ2v) is 6.61. The molecule has 0 spiro atoms. The molecule has 0 saturated carbocycles. The maximum absolute atomic E-state index is 6.02. The Balaban J connectivity index is 2.21. The highest BCUT2D eigenvalue weighted by atomic mass is 35.6. The SMILES string of the molecule is ClC(Cl)(Cl)[C@@H]1NCCc2c1[nH]c1ccccc21. The summed E-state index contributed by atoms with van der Waals surface area (Å²) in [4.78, 5) is 3.36. The van der Waals surface area contributed by atoms with Gasteiger partial charge in [0, 0.05) is 23.1 Å². The molecule has 0 radical (unpaired) electrons. The van der Waals surface area contributed by atoms with E-state index in [1.165, 1.54) is 10.9 Å². The Morgan fingerprint density at radius 1 is 1.18 bits per heavy atom. The van der Waals surface area contributed by atoms with Gasteiger partial charge in [-0.25, -0.2) is 0 Å². The van der Waals surface area contributed by atoms with E-state index in [2.05, 4.69) is 16.4 Å². The summed E-state index contributed by atoms with van der Waals surface area (Å²) in [6.45, 7) is 0.827. The van der Waals surface area contributed by atoms with Crippen LogP contribution in [0.15, 0.2) is 24.3 Å². The van der Waals surface area contributed by atoms with Gasteiger partial charge in [0.05, 0.1) is 6.04 Å².